The lowest BCUT2D eigenvalue weighted by atomic mass is 10.1. The van der Waals surface area contributed by atoms with Crippen molar-refractivity contribution in [3.63, 3.8) is 0 Å². The van der Waals surface area contributed by atoms with E-state index in [1.165, 1.54) is 12.3 Å². The zero-order valence-electron chi connectivity index (χ0n) is 12.2. The third-order valence-corrected chi connectivity index (χ3v) is 3.36. The molecule has 0 fully saturated rings. The van der Waals surface area contributed by atoms with Gasteiger partial charge >= 0.3 is 5.97 Å². The average molecular weight is 304 g/mol. The zero-order valence-corrected chi connectivity index (χ0v) is 12.2. The first-order valence-electron chi connectivity index (χ1n) is 7.11. The topological polar surface area (TPSA) is 79.3 Å². The van der Waals surface area contributed by atoms with Gasteiger partial charge in [0.2, 0.25) is 0 Å². The minimum absolute atomic E-state index is 0.0401. The van der Waals surface area contributed by atoms with Gasteiger partial charge in [-0.1, -0.05) is 25.8 Å². The molecule has 22 heavy (non-hydrogen) atoms. The van der Waals surface area contributed by atoms with E-state index in [0.29, 0.717) is 23.7 Å². The van der Waals surface area contributed by atoms with Crippen molar-refractivity contribution < 1.29 is 19.1 Å². The highest BCUT2D eigenvalue weighted by atomic mass is 19.1. The van der Waals surface area contributed by atoms with Crippen LogP contribution in [0.2, 0.25) is 0 Å². The first-order chi connectivity index (χ1) is 10.5. The molecule has 1 atom stereocenters. The third-order valence-electron chi connectivity index (χ3n) is 3.36. The van der Waals surface area contributed by atoms with Gasteiger partial charge in [-0.2, -0.15) is 0 Å². The van der Waals surface area contributed by atoms with E-state index in [4.69, 9.17) is 5.11 Å². The van der Waals surface area contributed by atoms with E-state index in [9.17, 15) is 14.0 Å². The van der Waals surface area contributed by atoms with E-state index in [1.54, 1.807) is 12.1 Å². The number of halogens is 1. The van der Waals surface area contributed by atoms with Gasteiger partial charge in [0, 0.05) is 11.6 Å². The Morgan fingerprint density at radius 1 is 1.41 bits per heavy atom. The fourth-order valence-corrected chi connectivity index (χ4v) is 2.23. The van der Waals surface area contributed by atoms with E-state index in [2.05, 4.69) is 10.3 Å². The standard InChI is InChI=1S/C16H17FN2O3/c1-2-3-6-13(16(21)22)19-15(20)12-9-11(17)8-10-5-4-7-18-14(10)12/h4-5,7-9,13H,2-3,6H2,1H3,(H,19,20)(H,21,22). The first-order valence-corrected chi connectivity index (χ1v) is 7.11. The molecular weight excluding hydrogens is 287 g/mol. The number of amides is 1. The van der Waals surface area contributed by atoms with Crippen molar-refractivity contribution in [3.8, 4) is 0 Å². The van der Waals surface area contributed by atoms with Crippen LogP contribution in [0, 0.1) is 5.82 Å². The second kappa shape index (κ2) is 6.98. The number of hydrogen-bond donors (Lipinski definition) is 2. The van der Waals surface area contributed by atoms with Gasteiger partial charge in [0.1, 0.15) is 11.9 Å². The van der Waals surface area contributed by atoms with Crippen molar-refractivity contribution in [1.82, 2.24) is 10.3 Å². The lowest BCUT2D eigenvalue weighted by molar-refractivity contribution is -0.139. The van der Waals surface area contributed by atoms with Crippen molar-refractivity contribution >= 4 is 22.8 Å². The quantitative estimate of drug-likeness (QED) is 0.860. The maximum absolute atomic E-state index is 13.6. The number of carboxylic acid groups (broad SMARTS) is 1. The maximum Gasteiger partial charge on any atom is 0.326 e. The van der Waals surface area contributed by atoms with Crippen molar-refractivity contribution in [2.45, 2.75) is 32.2 Å². The number of aliphatic carboxylic acids is 1. The van der Waals surface area contributed by atoms with E-state index < -0.39 is 23.7 Å². The predicted octanol–water partition coefficient (Wildman–Crippen LogP) is 2.75. The number of hydrogen-bond acceptors (Lipinski definition) is 3. The molecule has 0 aliphatic heterocycles. The molecule has 2 rings (SSSR count). The lowest BCUT2D eigenvalue weighted by Crippen LogP contribution is -2.40. The van der Waals surface area contributed by atoms with Crippen LogP contribution in [0.25, 0.3) is 10.9 Å². The summed E-state index contributed by atoms with van der Waals surface area (Å²) >= 11 is 0. The number of benzene rings is 1. The van der Waals surface area contributed by atoms with E-state index in [1.807, 2.05) is 6.92 Å². The molecule has 1 amide bonds. The molecule has 1 aromatic carbocycles. The Hall–Kier alpha value is -2.50. The summed E-state index contributed by atoms with van der Waals surface area (Å²) in [5.74, 6) is -2.30. The number of carbonyl (C=O) groups is 2. The predicted molar refractivity (Wildman–Crippen MR) is 80.1 cm³/mol. The van der Waals surface area contributed by atoms with Crippen molar-refractivity contribution in [2.75, 3.05) is 0 Å². The molecule has 1 aromatic heterocycles. The molecule has 6 heteroatoms. The van der Waals surface area contributed by atoms with Gasteiger partial charge in [0.25, 0.3) is 5.91 Å². The Labute approximate surface area is 127 Å². The Kier molecular flexibility index (Phi) is 5.04. The monoisotopic (exact) mass is 304 g/mol. The molecule has 0 aliphatic rings. The molecule has 1 heterocycles. The van der Waals surface area contributed by atoms with Crippen LogP contribution in [0.5, 0.6) is 0 Å². The minimum atomic E-state index is -1.10. The van der Waals surface area contributed by atoms with Crippen molar-refractivity contribution in [1.29, 1.82) is 0 Å². The van der Waals surface area contributed by atoms with Crippen LogP contribution in [0.3, 0.4) is 0 Å². The van der Waals surface area contributed by atoms with E-state index >= 15 is 0 Å². The SMILES string of the molecule is CCCCC(NC(=O)c1cc(F)cc2cccnc12)C(=O)O. The summed E-state index contributed by atoms with van der Waals surface area (Å²) in [6.07, 6.45) is 3.34. The fourth-order valence-electron chi connectivity index (χ4n) is 2.23. The highest BCUT2D eigenvalue weighted by molar-refractivity contribution is 6.06. The minimum Gasteiger partial charge on any atom is -0.480 e. The van der Waals surface area contributed by atoms with Crippen LogP contribution in [-0.4, -0.2) is 28.0 Å². The van der Waals surface area contributed by atoms with Gasteiger partial charge in [0.15, 0.2) is 0 Å². The molecule has 5 nitrogen and oxygen atoms in total. The van der Waals surface area contributed by atoms with E-state index in [-0.39, 0.29) is 5.56 Å². The highest BCUT2D eigenvalue weighted by Gasteiger charge is 2.22. The Morgan fingerprint density at radius 3 is 2.86 bits per heavy atom. The van der Waals surface area contributed by atoms with Crippen molar-refractivity contribution in [2.24, 2.45) is 0 Å². The van der Waals surface area contributed by atoms with E-state index in [0.717, 1.165) is 12.5 Å². The molecule has 2 aromatic rings. The van der Waals surface area contributed by atoms with Gasteiger partial charge in [-0.25, -0.2) is 9.18 Å². The van der Waals surface area contributed by atoms with Crippen LogP contribution in [0.1, 0.15) is 36.5 Å². The van der Waals surface area contributed by atoms with Gasteiger partial charge < -0.3 is 10.4 Å². The summed E-state index contributed by atoms with van der Waals surface area (Å²) in [5, 5.41) is 12.1. The van der Waals surface area contributed by atoms with Crippen LogP contribution in [0.4, 0.5) is 4.39 Å². The first kappa shape index (κ1) is 15.9. The molecule has 0 saturated heterocycles. The largest absolute Gasteiger partial charge is 0.480 e. The molecule has 2 N–H and O–H groups in total. The summed E-state index contributed by atoms with van der Waals surface area (Å²) in [6.45, 7) is 1.94. The number of aromatic nitrogens is 1. The fraction of sp³-hybridized carbons (Fsp3) is 0.312. The van der Waals surface area contributed by atoms with Crippen LogP contribution >= 0.6 is 0 Å². The summed E-state index contributed by atoms with van der Waals surface area (Å²) < 4.78 is 13.6. The molecule has 0 spiro atoms. The Balaban J connectivity index is 2.30. The average Bonchev–Trinajstić information content (AvgIpc) is 2.49. The number of nitrogens with zero attached hydrogens (tertiary/aromatic N) is 1. The normalized spacial score (nSPS) is 12.1. The molecule has 0 saturated carbocycles. The molecule has 0 bridgehead atoms. The second-order valence-electron chi connectivity index (χ2n) is 5.03. The third kappa shape index (κ3) is 3.58. The van der Waals surface area contributed by atoms with Gasteiger partial charge in [-0.15, -0.1) is 0 Å². The number of carboxylic acids is 1. The van der Waals surface area contributed by atoms with Gasteiger partial charge in [0.05, 0.1) is 11.1 Å². The van der Waals surface area contributed by atoms with Gasteiger partial charge in [-0.05, 0) is 24.6 Å². The number of pyridine rings is 1. The summed E-state index contributed by atoms with van der Waals surface area (Å²) in [7, 11) is 0. The Morgan fingerprint density at radius 2 is 2.18 bits per heavy atom. The lowest BCUT2D eigenvalue weighted by Gasteiger charge is -2.15. The van der Waals surface area contributed by atoms with Crippen molar-refractivity contribution in [3.05, 3.63) is 41.8 Å². The number of unbranched alkanes of at least 4 members (excludes halogenated alkanes) is 1. The zero-order chi connectivity index (χ0) is 16.1. The Bertz CT molecular complexity index is 703. The highest BCUT2D eigenvalue weighted by Crippen LogP contribution is 2.18. The smallest absolute Gasteiger partial charge is 0.326 e. The number of carbonyl (C=O) groups excluding carboxylic acids is 1. The summed E-state index contributed by atoms with van der Waals surface area (Å²) in [5.41, 5.74) is 0.388. The summed E-state index contributed by atoms with van der Waals surface area (Å²) in [6, 6.07) is 4.65. The van der Waals surface area contributed by atoms with Crippen LogP contribution in [0.15, 0.2) is 30.5 Å². The molecule has 0 radical (unpaired) electrons. The molecule has 116 valence electrons. The molecule has 0 aliphatic carbocycles. The number of fused-ring (bicyclic) bond motifs is 1. The maximum atomic E-state index is 13.6. The molecule has 1 unspecified atom stereocenters. The van der Waals surface area contributed by atoms with Crippen LogP contribution in [-0.2, 0) is 4.79 Å². The molecular formula is C16H17FN2O3. The number of rotatable bonds is 6. The summed E-state index contributed by atoms with van der Waals surface area (Å²) in [4.78, 5) is 27.6. The van der Waals surface area contributed by atoms with Gasteiger partial charge in [-0.3, -0.25) is 9.78 Å². The van der Waals surface area contributed by atoms with Crippen LogP contribution < -0.4 is 5.32 Å². The number of nitrogens with one attached hydrogen (secondary N) is 1. The second-order valence-corrected chi connectivity index (χ2v) is 5.03.